The molecule has 2 aliphatic carbocycles. The molecule has 0 radical (unpaired) electrons. The Hall–Kier alpha value is -1.76. The molecule has 7 heteroatoms. The lowest BCUT2D eigenvalue weighted by Crippen LogP contribution is -2.55. The van der Waals surface area contributed by atoms with Crippen LogP contribution in [0.4, 0.5) is 18.0 Å². The second kappa shape index (κ2) is 6.63. The monoisotopic (exact) mass is 342 g/mol. The molecule has 1 spiro atoms. The van der Waals surface area contributed by atoms with Crippen molar-refractivity contribution in [3.8, 4) is 0 Å². The second-order valence-corrected chi connectivity index (χ2v) is 6.84. The fraction of sp³-hybridized carbons (Fsp3) is 0.588. The molecule has 2 amide bonds. The van der Waals surface area contributed by atoms with E-state index in [1.807, 2.05) is 0 Å². The average Bonchev–Trinajstić information content (AvgIpc) is 2.44. The van der Waals surface area contributed by atoms with Crippen LogP contribution in [-0.4, -0.2) is 18.4 Å². The topological polar surface area (TPSA) is 50.4 Å². The minimum Gasteiger partial charge on any atom is -0.335 e. The van der Waals surface area contributed by atoms with Crippen LogP contribution in [0.1, 0.15) is 43.2 Å². The summed E-state index contributed by atoms with van der Waals surface area (Å²) in [5.74, 6) is 0. The standard InChI is InChI=1S/C17H21F3N2O2/c18-17(19,20)24-11-13-4-1-3-12(7-13)10-21-15(23)22-14-8-16(9-14)5-2-6-16/h1,3-4,7,14H,2,5-6,8-11H2,(H2,21,22,23). The van der Waals surface area contributed by atoms with E-state index in [1.54, 1.807) is 24.3 Å². The van der Waals surface area contributed by atoms with Gasteiger partial charge in [0.15, 0.2) is 0 Å². The zero-order valence-electron chi connectivity index (χ0n) is 13.3. The Labute approximate surface area is 138 Å². The molecule has 0 saturated heterocycles. The number of alkyl halides is 3. The Balaban J connectivity index is 1.40. The molecule has 0 unspecified atom stereocenters. The van der Waals surface area contributed by atoms with Gasteiger partial charge in [0, 0.05) is 12.6 Å². The van der Waals surface area contributed by atoms with Gasteiger partial charge in [-0.25, -0.2) is 4.79 Å². The molecule has 132 valence electrons. The fourth-order valence-corrected chi connectivity index (χ4v) is 3.59. The maximum Gasteiger partial charge on any atom is 0.522 e. The lowest BCUT2D eigenvalue weighted by molar-refractivity contribution is -0.330. The van der Waals surface area contributed by atoms with Crippen LogP contribution in [-0.2, 0) is 17.9 Å². The zero-order valence-corrected chi connectivity index (χ0v) is 13.3. The summed E-state index contributed by atoms with van der Waals surface area (Å²) < 4.78 is 40.0. The molecule has 1 aromatic carbocycles. The number of urea groups is 1. The molecule has 2 N–H and O–H groups in total. The van der Waals surface area contributed by atoms with E-state index in [0.29, 0.717) is 11.0 Å². The maximum absolute atomic E-state index is 12.1. The minimum absolute atomic E-state index is 0.230. The van der Waals surface area contributed by atoms with Crippen LogP contribution in [0.3, 0.4) is 0 Å². The van der Waals surface area contributed by atoms with Crippen molar-refractivity contribution in [2.24, 2.45) is 5.41 Å². The Bertz CT molecular complexity index is 592. The van der Waals surface area contributed by atoms with Gasteiger partial charge >= 0.3 is 12.4 Å². The molecule has 4 nitrogen and oxygen atoms in total. The van der Waals surface area contributed by atoms with E-state index in [-0.39, 0.29) is 18.6 Å². The molecule has 2 aliphatic rings. The SMILES string of the molecule is O=C(NCc1cccc(COC(F)(F)F)c1)NC1CC2(CCC2)C1. The highest BCUT2D eigenvalue weighted by atomic mass is 19.4. The smallest absolute Gasteiger partial charge is 0.335 e. The van der Waals surface area contributed by atoms with E-state index >= 15 is 0 Å². The number of ether oxygens (including phenoxy) is 1. The largest absolute Gasteiger partial charge is 0.522 e. The number of rotatable bonds is 5. The molecule has 1 aromatic rings. The summed E-state index contributed by atoms with van der Waals surface area (Å²) in [4.78, 5) is 11.9. The van der Waals surface area contributed by atoms with Gasteiger partial charge < -0.3 is 10.6 Å². The summed E-state index contributed by atoms with van der Waals surface area (Å²) in [6.07, 6.45) is 1.33. The summed E-state index contributed by atoms with van der Waals surface area (Å²) in [5, 5.41) is 5.69. The number of halogens is 3. The van der Waals surface area contributed by atoms with E-state index in [4.69, 9.17) is 0 Å². The van der Waals surface area contributed by atoms with Crippen molar-refractivity contribution in [2.45, 2.75) is 57.7 Å². The molecule has 2 fully saturated rings. The summed E-state index contributed by atoms with van der Waals surface area (Å²) in [6.45, 7) is -0.267. The summed E-state index contributed by atoms with van der Waals surface area (Å²) in [5.41, 5.74) is 1.65. The first-order valence-electron chi connectivity index (χ1n) is 8.17. The molecule has 0 aliphatic heterocycles. The van der Waals surface area contributed by atoms with Gasteiger partial charge in [0.25, 0.3) is 0 Å². The van der Waals surface area contributed by atoms with Crippen molar-refractivity contribution in [3.63, 3.8) is 0 Å². The van der Waals surface area contributed by atoms with Crippen molar-refractivity contribution in [1.29, 1.82) is 0 Å². The van der Waals surface area contributed by atoms with Crippen molar-refractivity contribution >= 4 is 6.03 Å². The van der Waals surface area contributed by atoms with Crippen LogP contribution in [0.5, 0.6) is 0 Å². The van der Waals surface area contributed by atoms with Gasteiger partial charge in [-0.3, -0.25) is 4.74 Å². The van der Waals surface area contributed by atoms with Crippen molar-refractivity contribution in [3.05, 3.63) is 35.4 Å². The van der Waals surface area contributed by atoms with Gasteiger partial charge in [-0.1, -0.05) is 30.7 Å². The number of hydrogen-bond acceptors (Lipinski definition) is 2. The Morgan fingerprint density at radius 2 is 1.96 bits per heavy atom. The summed E-state index contributed by atoms with van der Waals surface area (Å²) >= 11 is 0. The molecule has 0 heterocycles. The highest BCUT2D eigenvalue weighted by Gasteiger charge is 2.48. The Morgan fingerprint density at radius 1 is 1.25 bits per heavy atom. The van der Waals surface area contributed by atoms with Crippen LogP contribution in [0.2, 0.25) is 0 Å². The lowest BCUT2D eigenvalue weighted by Gasteiger charge is -2.54. The first-order chi connectivity index (χ1) is 11.3. The van der Waals surface area contributed by atoms with Crippen LogP contribution < -0.4 is 10.6 Å². The fourth-order valence-electron chi connectivity index (χ4n) is 3.59. The van der Waals surface area contributed by atoms with Crippen LogP contribution in [0.15, 0.2) is 24.3 Å². The van der Waals surface area contributed by atoms with Crippen molar-refractivity contribution in [1.82, 2.24) is 10.6 Å². The molecular weight excluding hydrogens is 321 g/mol. The highest BCUT2D eigenvalue weighted by Crippen LogP contribution is 2.55. The van der Waals surface area contributed by atoms with Crippen molar-refractivity contribution in [2.75, 3.05) is 0 Å². The van der Waals surface area contributed by atoms with Crippen LogP contribution >= 0.6 is 0 Å². The van der Waals surface area contributed by atoms with Gasteiger partial charge in [-0.2, -0.15) is 0 Å². The lowest BCUT2D eigenvalue weighted by atomic mass is 9.54. The van der Waals surface area contributed by atoms with Crippen LogP contribution in [0, 0.1) is 5.41 Å². The number of benzene rings is 1. The van der Waals surface area contributed by atoms with E-state index < -0.39 is 13.0 Å². The van der Waals surface area contributed by atoms with Gasteiger partial charge in [0.2, 0.25) is 0 Å². The summed E-state index contributed by atoms with van der Waals surface area (Å²) in [7, 11) is 0. The Kier molecular flexibility index (Phi) is 4.71. The molecular formula is C17H21F3N2O2. The van der Waals surface area contributed by atoms with E-state index in [1.165, 1.54) is 19.3 Å². The van der Waals surface area contributed by atoms with Crippen LogP contribution in [0.25, 0.3) is 0 Å². The molecule has 2 saturated carbocycles. The summed E-state index contributed by atoms with van der Waals surface area (Å²) in [6, 6.07) is 6.57. The quantitative estimate of drug-likeness (QED) is 0.854. The molecule has 24 heavy (non-hydrogen) atoms. The first kappa shape index (κ1) is 17.1. The molecule has 3 rings (SSSR count). The number of carbonyl (C=O) groups excluding carboxylic acids is 1. The predicted molar refractivity (Wildman–Crippen MR) is 82.0 cm³/mol. The Morgan fingerprint density at radius 3 is 2.58 bits per heavy atom. The maximum atomic E-state index is 12.1. The highest BCUT2D eigenvalue weighted by molar-refractivity contribution is 5.74. The molecule has 0 bridgehead atoms. The van der Waals surface area contributed by atoms with E-state index in [9.17, 15) is 18.0 Å². The van der Waals surface area contributed by atoms with Gasteiger partial charge in [0.05, 0.1) is 6.61 Å². The molecule has 0 aromatic heterocycles. The van der Waals surface area contributed by atoms with Crippen molar-refractivity contribution < 1.29 is 22.7 Å². The third-order valence-electron chi connectivity index (χ3n) is 4.96. The second-order valence-electron chi connectivity index (χ2n) is 6.84. The van der Waals surface area contributed by atoms with Gasteiger partial charge in [-0.05, 0) is 42.2 Å². The first-order valence-corrected chi connectivity index (χ1v) is 8.17. The molecule has 0 atom stereocenters. The third kappa shape index (κ3) is 4.41. The number of hydrogen-bond donors (Lipinski definition) is 2. The number of carbonyl (C=O) groups is 1. The minimum atomic E-state index is -4.64. The number of amides is 2. The third-order valence-corrected chi connectivity index (χ3v) is 4.96. The van der Waals surface area contributed by atoms with E-state index in [0.717, 1.165) is 18.4 Å². The van der Waals surface area contributed by atoms with Gasteiger partial charge in [0.1, 0.15) is 0 Å². The van der Waals surface area contributed by atoms with Gasteiger partial charge in [-0.15, -0.1) is 13.2 Å². The average molecular weight is 342 g/mol. The van der Waals surface area contributed by atoms with E-state index in [2.05, 4.69) is 15.4 Å². The predicted octanol–water partition coefficient (Wildman–Crippen LogP) is 3.85. The number of nitrogens with one attached hydrogen (secondary N) is 2. The zero-order chi connectivity index (χ0) is 17.2. The normalized spacial score (nSPS) is 19.5.